The summed E-state index contributed by atoms with van der Waals surface area (Å²) >= 11 is 0. The van der Waals surface area contributed by atoms with Gasteiger partial charge in [-0.2, -0.15) is 0 Å². The van der Waals surface area contributed by atoms with Gasteiger partial charge in [-0.15, -0.1) is 0 Å². The molecule has 1 aliphatic heterocycles. The molecule has 0 spiro atoms. The van der Waals surface area contributed by atoms with E-state index in [9.17, 15) is 4.79 Å². The van der Waals surface area contributed by atoms with Crippen molar-refractivity contribution >= 4 is 11.6 Å². The Hall–Kier alpha value is -1.51. The van der Waals surface area contributed by atoms with E-state index in [1.807, 2.05) is 11.8 Å². The van der Waals surface area contributed by atoms with Crippen LogP contribution in [0.4, 0.5) is 5.69 Å². The topological polar surface area (TPSA) is 32.3 Å². The summed E-state index contributed by atoms with van der Waals surface area (Å²) in [6.45, 7) is 6.34. The van der Waals surface area contributed by atoms with Crippen LogP contribution in [0, 0.1) is 6.92 Å². The van der Waals surface area contributed by atoms with E-state index in [0.29, 0.717) is 6.42 Å². The molecule has 1 aromatic carbocycles. The lowest BCUT2D eigenvalue weighted by molar-refractivity contribution is -0.131. The largest absolute Gasteiger partial charge is 0.384 e. The summed E-state index contributed by atoms with van der Waals surface area (Å²) < 4.78 is 0. The third-order valence-corrected chi connectivity index (χ3v) is 3.01. The van der Waals surface area contributed by atoms with E-state index in [-0.39, 0.29) is 5.91 Å². The fourth-order valence-electron chi connectivity index (χ4n) is 2.07. The minimum absolute atomic E-state index is 0.238. The maximum Gasteiger partial charge on any atom is 0.224 e. The third-order valence-electron chi connectivity index (χ3n) is 3.01. The van der Waals surface area contributed by atoms with Gasteiger partial charge in [-0.05, 0) is 25.5 Å². The Bertz CT molecular complexity index is 401. The smallest absolute Gasteiger partial charge is 0.224 e. The van der Waals surface area contributed by atoms with Gasteiger partial charge >= 0.3 is 0 Å². The van der Waals surface area contributed by atoms with Crippen molar-refractivity contribution in [3.05, 3.63) is 29.3 Å². The number of carbonyl (C=O) groups excluding carboxylic acids is 1. The van der Waals surface area contributed by atoms with Crippen molar-refractivity contribution in [3.63, 3.8) is 0 Å². The van der Waals surface area contributed by atoms with Crippen molar-refractivity contribution in [2.24, 2.45) is 0 Å². The van der Waals surface area contributed by atoms with Crippen LogP contribution in [0.3, 0.4) is 0 Å². The van der Waals surface area contributed by atoms with Crippen molar-refractivity contribution in [1.82, 2.24) is 4.90 Å². The average Bonchev–Trinajstić information content (AvgIpc) is 2.26. The Labute approximate surface area is 96.5 Å². The maximum atomic E-state index is 11.8. The van der Waals surface area contributed by atoms with Gasteiger partial charge in [0.2, 0.25) is 5.91 Å². The van der Waals surface area contributed by atoms with Crippen molar-refractivity contribution in [1.29, 1.82) is 0 Å². The van der Waals surface area contributed by atoms with E-state index in [4.69, 9.17) is 0 Å². The predicted octanol–water partition coefficient (Wildman–Crippen LogP) is 2.16. The highest BCUT2D eigenvalue weighted by Crippen LogP contribution is 2.21. The molecule has 0 radical (unpaired) electrons. The normalized spacial score (nSPS) is 16.1. The molecule has 1 aliphatic rings. The second kappa shape index (κ2) is 4.56. The van der Waals surface area contributed by atoms with Crippen LogP contribution in [0.5, 0.6) is 0 Å². The molecule has 1 amide bonds. The molecule has 0 unspecified atom stereocenters. The number of aryl methyl sites for hydroxylation is 1. The van der Waals surface area contributed by atoms with E-state index < -0.39 is 0 Å². The molecule has 1 heterocycles. The zero-order valence-corrected chi connectivity index (χ0v) is 9.92. The van der Waals surface area contributed by atoms with Crippen molar-refractivity contribution < 1.29 is 4.79 Å². The number of carbonyl (C=O) groups is 1. The molecule has 3 nitrogen and oxygen atoms in total. The van der Waals surface area contributed by atoms with E-state index in [1.165, 1.54) is 11.1 Å². The summed E-state index contributed by atoms with van der Waals surface area (Å²) in [5, 5.41) is 3.32. The van der Waals surface area contributed by atoms with Crippen LogP contribution in [-0.4, -0.2) is 23.9 Å². The molecule has 0 saturated heterocycles. The first-order valence-corrected chi connectivity index (χ1v) is 5.82. The van der Waals surface area contributed by atoms with Gasteiger partial charge in [-0.3, -0.25) is 4.79 Å². The second-order valence-corrected chi connectivity index (χ2v) is 4.25. The molecule has 0 bridgehead atoms. The van der Waals surface area contributed by atoms with Gasteiger partial charge in [0.1, 0.15) is 0 Å². The molecule has 3 heteroatoms. The Kier molecular flexibility index (Phi) is 3.13. The number of hydrogen-bond donors (Lipinski definition) is 1. The van der Waals surface area contributed by atoms with Crippen molar-refractivity contribution in [2.75, 3.05) is 18.4 Å². The molecule has 0 atom stereocenters. The van der Waals surface area contributed by atoms with Crippen molar-refractivity contribution in [3.8, 4) is 0 Å². The SMILES string of the molecule is CCN1Cc2cc(C)ccc2NCCC1=O. The van der Waals surface area contributed by atoms with Gasteiger partial charge in [0.05, 0.1) is 0 Å². The highest BCUT2D eigenvalue weighted by atomic mass is 16.2. The molecular formula is C13H18N2O. The van der Waals surface area contributed by atoms with Crippen LogP contribution in [0.25, 0.3) is 0 Å². The van der Waals surface area contributed by atoms with E-state index in [2.05, 4.69) is 30.4 Å². The first-order valence-electron chi connectivity index (χ1n) is 5.82. The molecule has 0 fully saturated rings. The van der Waals surface area contributed by atoms with Gasteiger partial charge < -0.3 is 10.2 Å². The fourth-order valence-corrected chi connectivity index (χ4v) is 2.07. The predicted molar refractivity (Wildman–Crippen MR) is 65.4 cm³/mol. The number of anilines is 1. The molecule has 0 aliphatic carbocycles. The lowest BCUT2D eigenvalue weighted by atomic mass is 10.1. The molecular weight excluding hydrogens is 200 g/mol. The van der Waals surface area contributed by atoms with Crippen LogP contribution in [0.1, 0.15) is 24.5 Å². The number of benzene rings is 1. The summed E-state index contributed by atoms with van der Waals surface area (Å²) in [7, 11) is 0. The molecule has 1 aromatic rings. The number of amides is 1. The van der Waals surface area contributed by atoms with Crippen molar-refractivity contribution in [2.45, 2.75) is 26.8 Å². The third kappa shape index (κ3) is 2.18. The minimum atomic E-state index is 0.238. The Morgan fingerprint density at radius 1 is 1.44 bits per heavy atom. The summed E-state index contributed by atoms with van der Waals surface area (Å²) in [4.78, 5) is 13.7. The molecule has 2 rings (SSSR count). The molecule has 0 aromatic heterocycles. The summed E-state index contributed by atoms with van der Waals surface area (Å²) in [5.41, 5.74) is 3.62. The van der Waals surface area contributed by atoms with Crippen LogP contribution in [0.15, 0.2) is 18.2 Å². The quantitative estimate of drug-likeness (QED) is 0.783. The monoisotopic (exact) mass is 218 g/mol. The van der Waals surface area contributed by atoms with E-state index in [1.54, 1.807) is 0 Å². The Morgan fingerprint density at radius 3 is 3.00 bits per heavy atom. The number of nitrogens with zero attached hydrogens (tertiary/aromatic N) is 1. The first-order chi connectivity index (χ1) is 7.70. The number of rotatable bonds is 1. The number of hydrogen-bond acceptors (Lipinski definition) is 2. The first kappa shape index (κ1) is 11.0. The minimum Gasteiger partial charge on any atom is -0.384 e. The van der Waals surface area contributed by atoms with Gasteiger partial charge in [0, 0.05) is 31.7 Å². The highest BCUT2D eigenvalue weighted by molar-refractivity contribution is 5.77. The molecule has 86 valence electrons. The van der Waals surface area contributed by atoms with Gasteiger partial charge in [-0.1, -0.05) is 17.7 Å². The lowest BCUT2D eigenvalue weighted by Gasteiger charge is -2.26. The van der Waals surface area contributed by atoms with Crippen LogP contribution in [-0.2, 0) is 11.3 Å². The molecule has 1 N–H and O–H groups in total. The van der Waals surface area contributed by atoms with E-state index in [0.717, 1.165) is 25.3 Å². The molecule has 0 saturated carbocycles. The van der Waals surface area contributed by atoms with Gasteiger partial charge in [0.15, 0.2) is 0 Å². The van der Waals surface area contributed by atoms with Gasteiger partial charge in [0.25, 0.3) is 0 Å². The lowest BCUT2D eigenvalue weighted by Crippen LogP contribution is -2.33. The maximum absolute atomic E-state index is 11.8. The van der Waals surface area contributed by atoms with Crippen LogP contribution >= 0.6 is 0 Å². The summed E-state index contributed by atoms with van der Waals surface area (Å²) in [6.07, 6.45) is 0.584. The highest BCUT2D eigenvalue weighted by Gasteiger charge is 2.16. The fraction of sp³-hybridized carbons (Fsp3) is 0.462. The Morgan fingerprint density at radius 2 is 2.25 bits per heavy atom. The summed E-state index contributed by atoms with van der Waals surface area (Å²) in [6, 6.07) is 6.36. The second-order valence-electron chi connectivity index (χ2n) is 4.25. The number of fused-ring (bicyclic) bond motifs is 1. The zero-order chi connectivity index (χ0) is 11.5. The summed E-state index contributed by atoms with van der Waals surface area (Å²) in [5.74, 6) is 0.238. The van der Waals surface area contributed by atoms with Crippen LogP contribution in [0.2, 0.25) is 0 Å². The Balaban J connectivity index is 2.32. The molecule has 16 heavy (non-hydrogen) atoms. The zero-order valence-electron chi connectivity index (χ0n) is 9.92. The average molecular weight is 218 g/mol. The number of nitrogens with one attached hydrogen (secondary N) is 1. The standard InChI is InChI=1S/C13H18N2O/c1-3-15-9-11-8-10(2)4-5-12(11)14-7-6-13(15)16/h4-5,8,14H,3,6-7,9H2,1-2H3. The van der Waals surface area contributed by atoms with Crippen LogP contribution < -0.4 is 5.32 Å². The van der Waals surface area contributed by atoms with Gasteiger partial charge in [-0.25, -0.2) is 0 Å². The van der Waals surface area contributed by atoms with E-state index >= 15 is 0 Å².